The molecule has 0 spiro atoms. The Morgan fingerprint density at radius 2 is 2.19 bits per heavy atom. The molecule has 1 aromatic rings. The summed E-state index contributed by atoms with van der Waals surface area (Å²) in [5.74, 6) is 0.589. The lowest BCUT2D eigenvalue weighted by Crippen LogP contribution is -2.06. The fourth-order valence-electron chi connectivity index (χ4n) is 0.945. The smallest absolute Gasteiger partial charge is 0.396 e. The van der Waals surface area contributed by atoms with Crippen molar-refractivity contribution in [3.63, 3.8) is 0 Å². The summed E-state index contributed by atoms with van der Waals surface area (Å²) in [4.78, 5) is 3.84. The predicted molar refractivity (Wildman–Crippen MR) is 56.2 cm³/mol. The lowest BCUT2D eigenvalue weighted by molar-refractivity contribution is -0.137. The van der Waals surface area contributed by atoms with Crippen molar-refractivity contribution in [2.75, 3.05) is 12.4 Å². The van der Waals surface area contributed by atoms with Crippen LogP contribution in [0.5, 0.6) is 0 Å². The lowest BCUT2D eigenvalue weighted by Gasteiger charge is -2.09. The first-order chi connectivity index (χ1) is 7.43. The Labute approximate surface area is 95.9 Å². The molecule has 0 aliphatic rings. The minimum absolute atomic E-state index is 0.0198. The van der Waals surface area contributed by atoms with Gasteiger partial charge in [0.25, 0.3) is 0 Å². The van der Waals surface area contributed by atoms with Gasteiger partial charge in [0.2, 0.25) is 0 Å². The molecular formula is C10H12F3NOS. The van der Waals surface area contributed by atoms with Crippen LogP contribution in [-0.2, 0) is 6.18 Å². The zero-order chi connectivity index (χ0) is 12.2. The van der Waals surface area contributed by atoms with Crippen molar-refractivity contribution < 1.29 is 18.3 Å². The van der Waals surface area contributed by atoms with Crippen LogP contribution in [0.25, 0.3) is 0 Å². The van der Waals surface area contributed by atoms with Gasteiger partial charge < -0.3 is 5.11 Å². The first-order valence-electron chi connectivity index (χ1n) is 4.70. The van der Waals surface area contributed by atoms with Crippen molar-refractivity contribution in [2.24, 2.45) is 5.92 Å². The molecule has 0 aliphatic carbocycles. The van der Waals surface area contributed by atoms with E-state index in [-0.39, 0.29) is 12.5 Å². The predicted octanol–water partition coefficient (Wildman–Crippen LogP) is 2.82. The summed E-state index contributed by atoms with van der Waals surface area (Å²) in [6.45, 7) is 1.84. The fraction of sp³-hybridized carbons (Fsp3) is 0.500. The van der Waals surface area contributed by atoms with E-state index in [1.54, 1.807) is 0 Å². The van der Waals surface area contributed by atoms with Crippen molar-refractivity contribution in [2.45, 2.75) is 18.1 Å². The standard InChI is InChI=1S/C10H12F3NOS/c1-7(5-15)6-16-9-4-8(2-3-14-9)10(11,12)13/h2-4,7,15H,5-6H2,1H3. The molecule has 1 N–H and O–H groups in total. The molecule has 1 heterocycles. The number of nitrogens with zero attached hydrogens (tertiary/aromatic N) is 1. The number of aromatic nitrogens is 1. The quantitative estimate of drug-likeness (QED) is 0.835. The van der Waals surface area contributed by atoms with E-state index < -0.39 is 11.7 Å². The zero-order valence-electron chi connectivity index (χ0n) is 8.66. The van der Waals surface area contributed by atoms with Crippen LogP contribution in [-0.4, -0.2) is 22.5 Å². The van der Waals surface area contributed by atoms with E-state index in [4.69, 9.17) is 5.11 Å². The SMILES string of the molecule is CC(CO)CSc1cc(C(F)(F)F)ccn1. The maximum atomic E-state index is 12.4. The van der Waals surface area contributed by atoms with E-state index >= 15 is 0 Å². The average Bonchev–Trinajstić information content (AvgIpc) is 2.25. The number of rotatable bonds is 4. The van der Waals surface area contributed by atoms with E-state index in [0.717, 1.165) is 18.3 Å². The summed E-state index contributed by atoms with van der Waals surface area (Å²) in [5, 5.41) is 9.11. The van der Waals surface area contributed by atoms with Crippen LogP contribution in [0.2, 0.25) is 0 Å². The maximum absolute atomic E-state index is 12.4. The third kappa shape index (κ3) is 4.02. The number of pyridine rings is 1. The number of halogens is 3. The van der Waals surface area contributed by atoms with Crippen LogP contribution in [0.15, 0.2) is 23.4 Å². The Kier molecular flexibility index (Phi) is 4.61. The molecule has 90 valence electrons. The minimum atomic E-state index is -4.33. The summed E-state index contributed by atoms with van der Waals surface area (Å²) >= 11 is 1.21. The monoisotopic (exact) mass is 251 g/mol. The number of aliphatic hydroxyl groups is 1. The molecule has 1 rings (SSSR count). The number of hydrogen-bond donors (Lipinski definition) is 1. The van der Waals surface area contributed by atoms with Gasteiger partial charge in [-0.2, -0.15) is 13.2 Å². The van der Waals surface area contributed by atoms with Crippen LogP contribution in [0.4, 0.5) is 13.2 Å². The van der Waals surface area contributed by atoms with Gasteiger partial charge in [-0.15, -0.1) is 11.8 Å². The van der Waals surface area contributed by atoms with E-state index in [0.29, 0.717) is 10.8 Å². The third-order valence-electron chi connectivity index (χ3n) is 1.89. The van der Waals surface area contributed by atoms with E-state index in [1.165, 1.54) is 11.8 Å². The van der Waals surface area contributed by atoms with Crippen LogP contribution in [0, 0.1) is 5.92 Å². The first-order valence-corrected chi connectivity index (χ1v) is 5.69. The van der Waals surface area contributed by atoms with Crippen LogP contribution >= 0.6 is 11.8 Å². The molecular weight excluding hydrogens is 239 g/mol. The van der Waals surface area contributed by atoms with E-state index in [1.807, 2.05) is 6.92 Å². The highest BCUT2D eigenvalue weighted by atomic mass is 32.2. The summed E-state index contributed by atoms with van der Waals surface area (Å²) in [6, 6.07) is 1.97. The topological polar surface area (TPSA) is 33.1 Å². The second-order valence-corrected chi connectivity index (χ2v) is 4.52. The summed E-state index contributed by atoms with van der Waals surface area (Å²) in [6.07, 6.45) is -3.18. The van der Waals surface area contributed by atoms with Crippen LogP contribution in [0.3, 0.4) is 0 Å². The first kappa shape index (κ1) is 13.3. The number of alkyl halides is 3. The maximum Gasteiger partial charge on any atom is 0.416 e. The highest BCUT2D eigenvalue weighted by Crippen LogP contribution is 2.31. The molecule has 0 amide bonds. The molecule has 16 heavy (non-hydrogen) atoms. The molecule has 2 nitrogen and oxygen atoms in total. The molecule has 0 bridgehead atoms. The van der Waals surface area contributed by atoms with Gasteiger partial charge in [0, 0.05) is 18.6 Å². The second kappa shape index (κ2) is 5.54. The van der Waals surface area contributed by atoms with Gasteiger partial charge in [-0.05, 0) is 18.1 Å². The molecule has 6 heteroatoms. The molecule has 0 saturated carbocycles. The Morgan fingerprint density at radius 1 is 1.50 bits per heavy atom. The molecule has 1 unspecified atom stereocenters. The molecule has 0 saturated heterocycles. The van der Waals surface area contributed by atoms with Gasteiger partial charge in [-0.25, -0.2) is 4.98 Å². The highest BCUT2D eigenvalue weighted by Gasteiger charge is 2.30. The van der Waals surface area contributed by atoms with Gasteiger partial charge >= 0.3 is 6.18 Å². The van der Waals surface area contributed by atoms with Gasteiger partial charge in [0.15, 0.2) is 0 Å². The van der Waals surface area contributed by atoms with Gasteiger partial charge in [0.1, 0.15) is 0 Å². The van der Waals surface area contributed by atoms with Gasteiger partial charge in [0.05, 0.1) is 10.6 Å². The lowest BCUT2D eigenvalue weighted by atomic mass is 10.2. The molecule has 0 radical (unpaired) electrons. The van der Waals surface area contributed by atoms with Crippen molar-refractivity contribution >= 4 is 11.8 Å². The highest BCUT2D eigenvalue weighted by molar-refractivity contribution is 7.99. The summed E-state index contributed by atoms with van der Waals surface area (Å²) in [7, 11) is 0. The Morgan fingerprint density at radius 3 is 2.75 bits per heavy atom. The molecule has 0 aromatic carbocycles. The van der Waals surface area contributed by atoms with E-state index in [2.05, 4.69) is 4.98 Å². The zero-order valence-corrected chi connectivity index (χ0v) is 9.48. The summed E-state index contributed by atoms with van der Waals surface area (Å²) in [5.41, 5.74) is -0.693. The van der Waals surface area contributed by atoms with Crippen molar-refractivity contribution in [1.29, 1.82) is 0 Å². The number of hydrogen-bond acceptors (Lipinski definition) is 3. The third-order valence-corrected chi connectivity index (χ3v) is 3.14. The second-order valence-electron chi connectivity index (χ2n) is 3.48. The van der Waals surface area contributed by atoms with Crippen LogP contribution in [0.1, 0.15) is 12.5 Å². The Balaban J connectivity index is 2.68. The van der Waals surface area contributed by atoms with Crippen molar-refractivity contribution in [1.82, 2.24) is 4.98 Å². The average molecular weight is 251 g/mol. The minimum Gasteiger partial charge on any atom is -0.396 e. The van der Waals surface area contributed by atoms with Gasteiger partial charge in [-0.1, -0.05) is 6.92 Å². The van der Waals surface area contributed by atoms with Crippen molar-refractivity contribution in [3.05, 3.63) is 23.9 Å². The normalized spacial score (nSPS) is 13.8. The van der Waals surface area contributed by atoms with Crippen molar-refractivity contribution in [3.8, 4) is 0 Å². The fourth-order valence-corrected chi connectivity index (χ4v) is 1.85. The van der Waals surface area contributed by atoms with Crippen LogP contribution < -0.4 is 0 Å². The number of aliphatic hydroxyl groups excluding tert-OH is 1. The van der Waals surface area contributed by atoms with Gasteiger partial charge in [-0.3, -0.25) is 0 Å². The molecule has 1 aromatic heterocycles. The largest absolute Gasteiger partial charge is 0.416 e. The molecule has 0 aliphatic heterocycles. The molecule has 0 fully saturated rings. The van der Waals surface area contributed by atoms with E-state index in [9.17, 15) is 13.2 Å². The number of thioether (sulfide) groups is 1. The summed E-state index contributed by atoms with van der Waals surface area (Å²) < 4.78 is 37.1. The molecule has 1 atom stereocenters. The Hall–Kier alpha value is -0.750. The Bertz CT molecular complexity index is 343.